The second-order valence-electron chi connectivity index (χ2n) is 4.54. The number of hydrogen-bond donors (Lipinski definition) is 0. The predicted octanol–water partition coefficient (Wildman–Crippen LogP) is 1.66. The molecule has 1 unspecified atom stereocenters. The predicted molar refractivity (Wildman–Crippen MR) is 74.7 cm³/mol. The van der Waals surface area contributed by atoms with Crippen molar-refractivity contribution in [1.82, 2.24) is 14.8 Å². The van der Waals surface area contributed by atoms with E-state index in [0.29, 0.717) is 43.2 Å². The van der Waals surface area contributed by atoms with Crippen LogP contribution >= 0.6 is 22.9 Å². The molecule has 0 aliphatic carbocycles. The highest BCUT2D eigenvalue weighted by molar-refractivity contribution is 7.11. The molecule has 1 atom stereocenters. The van der Waals surface area contributed by atoms with E-state index in [0.717, 1.165) is 0 Å². The summed E-state index contributed by atoms with van der Waals surface area (Å²) in [6.45, 7) is 3.43. The van der Waals surface area contributed by atoms with Gasteiger partial charge in [0.1, 0.15) is 4.88 Å². The van der Waals surface area contributed by atoms with Crippen molar-refractivity contribution in [2.24, 2.45) is 0 Å². The Morgan fingerprint density at radius 1 is 1.35 bits per heavy atom. The molecule has 0 aromatic carbocycles. The Hall–Kier alpha value is -1.21. The number of aryl methyl sites for hydroxylation is 1. The molecule has 1 aliphatic rings. The molecule has 1 fully saturated rings. The van der Waals surface area contributed by atoms with Gasteiger partial charge in [-0.2, -0.15) is 0 Å². The summed E-state index contributed by atoms with van der Waals surface area (Å²) in [5, 5.41) is 0. The van der Waals surface area contributed by atoms with Crippen molar-refractivity contribution in [2.45, 2.75) is 19.0 Å². The summed E-state index contributed by atoms with van der Waals surface area (Å²) in [6.07, 6.45) is 0.610. The molecular weight excluding hydrogens is 305 g/mol. The first kappa shape index (κ1) is 15.2. The number of carbonyl (C=O) groups excluding carboxylic acids is 2. The zero-order valence-electron chi connectivity index (χ0n) is 11.0. The van der Waals surface area contributed by atoms with Crippen LogP contribution in [0.3, 0.4) is 0 Å². The van der Waals surface area contributed by atoms with E-state index in [1.165, 1.54) is 16.2 Å². The highest BCUT2D eigenvalue weighted by Crippen LogP contribution is 2.17. The molecule has 0 bridgehead atoms. The number of rotatable bonds is 2. The van der Waals surface area contributed by atoms with Gasteiger partial charge < -0.3 is 9.80 Å². The molecule has 0 N–H and O–H groups in total. The Morgan fingerprint density at radius 3 is 2.60 bits per heavy atom. The molecule has 2 amide bonds. The molecule has 2 heterocycles. The third-order valence-electron chi connectivity index (χ3n) is 3.22. The van der Waals surface area contributed by atoms with E-state index in [4.69, 9.17) is 11.6 Å². The van der Waals surface area contributed by atoms with Gasteiger partial charge in [0, 0.05) is 26.2 Å². The number of hydrogen-bond acceptors (Lipinski definition) is 4. The van der Waals surface area contributed by atoms with Gasteiger partial charge in [0.05, 0.1) is 11.2 Å². The van der Waals surface area contributed by atoms with Crippen molar-refractivity contribution in [3.05, 3.63) is 16.1 Å². The standard InChI is InChI=1S/C12H15ClFN3O2S/c1-8-9(20-7-15-8)11(18)16-3-2-4-17(6-5-16)12(19)10(13)14/h7,10H,2-6H2,1H3. The summed E-state index contributed by atoms with van der Waals surface area (Å²) >= 11 is 6.48. The minimum Gasteiger partial charge on any atom is -0.337 e. The van der Waals surface area contributed by atoms with E-state index >= 15 is 0 Å². The fraction of sp³-hybridized carbons (Fsp3) is 0.583. The van der Waals surface area contributed by atoms with Crippen LogP contribution in [0.1, 0.15) is 21.8 Å². The number of nitrogens with zero attached hydrogens (tertiary/aromatic N) is 3. The summed E-state index contributed by atoms with van der Waals surface area (Å²) in [6, 6.07) is 0. The van der Waals surface area contributed by atoms with Crippen molar-refractivity contribution >= 4 is 34.8 Å². The molecule has 1 aromatic rings. The third kappa shape index (κ3) is 3.27. The van der Waals surface area contributed by atoms with Gasteiger partial charge >= 0.3 is 0 Å². The highest BCUT2D eigenvalue weighted by Gasteiger charge is 2.27. The topological polar surface area (TPSA) is 53.5 Å². The summed E-state index contributed by atoms with van der Waals surface area (Å²) in [4.78, 5) is 31.6. The van der Waals surface area contributed by atoms with Crippen LogP contribution in [0.4, 0.5) is 4.39 Å². The number of alkyl halides is 2. The van der Waals surface area contributed by atoms with Gasteiger partial charge in [0.2, 0.25) is 0 Å². The SMILES string of the molecule is Cc1ncsc1C(=O)N1CCCN(C(=O)C(F)Cl)CC1. The van der Waals surface area contributed by atoms with Gasteiger partial charge in [-0.1, -0.05) is 11.6 Å². The largest absolute Gasteiger partial charge is 0.337 e. The van der Waals surface area contributed by atoms with Crippen LogP contribution in [-0.2, 0) is 4.79 Å². The fourth-order valence-corrected chi connectivity index (χ4v) is 3.04. The van der Waals surface area contributed by atoms with Crippen LogP contribution in [0.2, 0.25) is 0 Å². The molecule has 0 spiro atoms. The minimum atomic E-state index is -2.01. The molecule has 2 rings (SSSR count). The van der Waals surface area contributed by atoms with Crippen molar-refractivity contribution < 1.29 is 14.0 Å². The molecular formula is C12H15ClFN3O2S. The molecule has 0 radical (unpaired) electrons. The maximum atomic E-state index is 12.8. The Labute approximate surface area is 125 Å². The molecule has 1 saturated heterocycles. The zero-order chi connectivity index (χ0) is 14.7. The molecule has 110 valence electrons. The lowest BCUT2D eigenvalue weighted by Gasteiger charge is -2.22. The van der Waals surface area contributed by atoms with Crippen LogP contribution in [0.15, 0.2) is 5.51 Å². The number of amides is 2. The van der Waals surface area contributed by atoms with Crippen LogP contribution in [-0.4, -0.2) is 58.4 Å². The van der Waals surface area contributed by atoms with Gasteiger partial charge in [-0.15, -0.1) is 11.3 Å². The Bertz CT molecular complexity index is 509. The molecule has 1 aliphatic heterocycles. The van der Waals surface area contributed by atoms with Gasteiger partial charge in [-0.25, -0.2) is 9.37 Å². The third-order valence-corrected chi connectivity index (χ3v) is 4.32. The normalized spacial score (nSPS) is 17.8. The number of halogens is 2. The van der Waals surface area contributed by atoms with Crippen molar-refractivity contribution in [1.29, 1.82) is 0 Å². The van der Waals surface area contributed by atoms with Crippen LogP contribution in [0, 0.1) is 6.92 Å². The molecule has 5 nitrogen and oxygen atoms in total. The van der Waals surface area contributed by atoms with E-state index in [-0.39, 0.29) is 5.91 Å². The molecule has 0 saturated carbocycles. The van der Waals surface area contributed by atoms with Crippen LogP contribution in [0.5, 0.6) is 0 Å². The van der Waals surface area contributed by atoms with Gasteiger partial charge in [-0.05, 0) is 13.3 Å². The first-order valence-electron chi connectivity index (χ1n) is 6.27. The summed E-state index contributed by atoms with van der Waals surface area (Å²) < 4.78 is 12.8. The van der Waals surface area contributed by atoms with Crippen molar-refractivity contribution in [3.8, 4) is 0 Å². The van der Waals surface area contributed by atoms with E-state index in [9.17, 15) is 14.0 Å². The monoisotopic (exact) mass is 319 g/mol. The molecule has 8 heteroatoms. The summed E-state index contributed by atoms with van der Waals surface area (Å²) in [5.74, 6) is -0.808. The van der Waals surface area contributed by atoms with Gasteiger partial charge in [0.15, 0.2) is 0 Å². The summed E-state index contributed by atoms with van der Waals surface area (Å²) in [5.41, 5.74) is 0.333. The molecule has 1 aromatic heterocycles. The second-order valence-corrected chi connectivity index (χ2v) is 5.78. The molecule has 20 heavy (non-hydrogen) atoms. The number of thiazole rings is 1. The van der Waals surface area contributed by atoms with Crippen molar-refractivity contribution in [2.75, 3.05) is 26.2 Å². The second kappa shape index (κ2) is 6.49. The van der Waals surface area contributed by atoms with Crippen LogP contribution < -0.4 is 0 Å². The lowest BCUT2D eigenvalue weighted by atomic mass is 10.3. The highest BCUT2D eigenvalue weighted by atomic mass is 35.5. The van der Waals surface area contributed by atoms with Gasteiger partial charge in [-0.3, -0.25) is 9.59 Å². The smallest absolute Gasteiger partial charge is 0.272 e. The maximum Gasteiger partial charge on any atom is 0.272 e. The first-order chi connectivity index (χ1) is 9.50. The Balaban J connectivity index is 2.01. The average molecular weight is 320 g/mol. The van der Waals surface area contributed by atoms with Crippen LogP contribution in [0.25, 0.3) is 0 Å². The number of aromatic nitrogens is 1. The average Bonchev–Trinajstić information content (AvgIpc) is 2.71. The maximum absolute atomic E-state index is 12.8. The zero-order valence-corrected chi connectivity index (χ0v) is 12.6. The van der Waals surface area contributed by atoms with Crippen molar-refractivity contribution in [3.63, 3.8) is 0 Å². The quantitative estimate of drug-likeness (QED) is 0.779. The van der Waals surface area contributed by atoms with E-state index in [1.807, 2.05) is 0 Å². The lowest BCUT2D eigenvalue weighted by molar-refractivity contribution is -0.133. The lowest BCUT2D eigenvalue weighted by Crippen LogP contribution is -2.39. The first-order valence-corrected chi connectivity index (χ1v) is 7.58. The van der Waals surface area contributed by atoms with E-state index < -0.39 is 11.5 Å². The minimum absolute atomic E-state index is 0.0815. The van der Waals surface area contributed by atoms with Gasteiger partial charge in [0.25, 0.3) is 17.4 Å². The number of carbonyl (C=O) groups is 2. The summed E-state index contributed by atoms with van der Waals surface area (Å²) in [7, 11) is 0. The van der Waals surface area contributed by atoms with E-state index in [1.54, 1.807) is 17.3 Å². The Kier molecular flexibility index (Phi) is 4.93. The Morgan fingerprint density at radius 2 is 2.00 bits per heavy atom. The fourth-order valence-electron chi connectivity index (χ4n) is 2.13. The van der Waals surface area contributed by atoms with E-state index in [2.05, 4.69) is 4.98 Å².